The molecule has 1 N–H and O–H groups in total. The zero-order valence-corrected chi connectivity index (χ0v) is 9.46. The molecule has 4 aliphatic rings. The lowest BCUT2D eigenvalue weighted by atomic mass is 9.31. The lowest BCUT2D eigenvalue weighted by molar-refractivity contribution is -0.262. The average molecular weight is 263 g/mol. The molecule has 2 bridgehead atoms. The van der Waals surface area contributed by atoms with E-state index in [0.29, 0.717) is 19.3 Å². The van der Waals surface area contributed by atoms with Gasteiger partial charge in [-0.3, -0.25) is 9.59 Å². The Kier molecular flexibility index (Phi) is 1.97. The molecule has 0 aromatic heterocycles. The molecule has 0 atom stereocenters. The van der Waals surface area contributed by atoms with Gasteiger partial charge in [-0.15, -0.1) is 0 Å². The molecular weight excluding hydrogens is 251 g/mol. The highest BCUT2D eigenvalue weighted by atomic mass is 19.4. The molecule has 4 rings (SSSR count). The largest absolute Gasteiger partial charge is 0.481 e. The topological polar surface area (TPSA) is 57.6 Å². The summed E-state index contributed by atoms with van der Waals surface area (Å²) in [6.45, 7) is 0.238. The predicted octanol–water partition coefficient (Wildman–Crippen LogP) is 1.26. The first-order chi connectivity index (χ1) is 8.19. The molecule has 0 aromatic rings. The summed E-state index contributed by atoms with van der Waals surface area (Å²) < 4.78 is 36.4. The highest BCUT2D eigenvalue weighted by molar-refractivity contribution is 5.83. The minimum absolute atomic E-state index is 0.0463. The van der Waals surface area contributed by atoms with Gasteiger partial charge >= 0.3 is 18.1 Å². The number of amides is 1. The normalized spacial score (nSPS) is 38.5. The van der Waals surface area contributed by atoms with E-state index in [0.717, 1.165) is 4.90 Å². The number of nitrogens with zero attached hydrogens (tertiary/aromatic N) is 1. The second-order valence-corrected chi connectivity index (χ2v) is 5.88. The van der Waals surface area contributed by atoms with Crippen molar-refractivity contribution in [1.82, 2.24) is 4.90 Å². The van der Waals surface area contributed by atoms with E-state index in [1.54, 1.807) is 0 Å². The predicted molar refractivity (Wildman–Crippen MR) is 52.5 cm³/mol. The number of carbonyl (C=O) groups excluding carboxylic acids is 1. The van der Waals surface area contributed by atoms with E-state index < -0.39 is 23.5 Å². The molecule has 0 aromatic carbocycles. The average Bonchev–Trinajstić information content (AvgIpc) is 2.00. The molecule has 18 heavy (non-hydrogen) atoms. The first-order valence-corrected chi connectivity index (χ1v) is 5.78. The highest BCUT2D eigenvalue weighted by Gasteiger charge is 2.75. The Morgan fingerprint density at radius 1 is 1.17 bits per heavy atom. The minimum Gasteiger partial charge on any atom is -0.481 e. The van der Waals surface area contributed by atoms with Gasteiger partial charge in [0, 0.05) is 13.1 Å². The van der Waals surface area contributed by atoms with Crippen LogP contribution in [0.25, 0.3) is 0 Å². The summed E-state index contributed by atoms with van der Waals surface area (Å²) in [5, 5.41) is 8.95. The van der Waals surface area contributed by atoms with E-state index in [1.165, 1.54) is 0 Å². The maximum Gasteiger partial charge on any atom is 0.471 e. The summed E-state index contributed by atoms with van der Waals surface area (Å²) in [6, 6.07) is 0. The van der Waals surface area contributed by atoms with E-state index >= 15 is 0 Å². The molecule has 1 aliphatic heterocycles. The lowest BCUT2D eigenvalue weighted by Crippen LogP contribution is -2.73. The molecule has 0 radical (unpaired) electrons. The van der Waals surface area contributed by atoms with Crippen molar-refractivity contribution in [3.63, 3.8) is 0 Å². The molecule has 0 unspecified atom stereocenters. The number of carboxylic acid groups (broad SMARTS) is 1. The van der Waals surface area contributed by atoms with Crippen LogP contribution in [0.1, 0.15) is 19.3 Å². The van der Waals surface area contributed by atoms with Crippen molar-refractivity contribution in [2.45, 2.75) is 25.4 Å². The number of rotatable bonds is 2. The van der Waals surface area contributed by atoms with E-state index in [1.807, 2.05) is 0 Å². The molecule has 3 saturated carbocycles. The molecule has 100 valence electrons. The van der Waals surface area contributed by atoms with E-state index in [-0.39, 0.29) is 24.4 Å². The van der Waals surface area contributed by atoms with Gasteiger partial charge in [0.2, 0.25) is 0 Å². The van der Waals surface area contributed by atoms with Crippen LogP contribution in [0.2, 0.25) is 0 Å². The van der Waals surface area contributed by atoms with E-state index in [9.17, 15) is 22.8 Å². The summed E-state index contributed by atoms with van der Waals surface area (Å²) in [7, 11) is 0. The third-order valence-electron chi connectivity index (χ3n) is 4.80. The third kappa shape index (κ3) is 1.27. The molecule has 4 fully saturated rings. The quantitative estimate of drug-likeness (QED) is 0.816. The molecule has 4 nitrogen and oxygen atoms in total. The fourth-order valence-electron chi connectivity index (χ4n) is 3.74. The van der Waals surface area contributed by atoms with Gasteiger partial charge in [0.25, 0.3) is 0 Å². The van der Waals surface area contributed by atoms with Crippen molar-refractivity contribution in [2.24, 2.45) is 16.7 Å². The summed E-state index contributed by atoms with van der Waals surface area (Å²) in [5.74, 6) is -2.53. The fraction of sp³-hybridized carbons (Fsp3) is 0.818. The Balaban J connectivity index is 1.54. The van der Waals surface area contributed by atoms with Crippen molar-refractivity contribution in [1.29, 1.82) is 0 Å². The number of hydrogen-bond donors (Lipinski definition) is 1. The fourth-order valence-corrected chi connectivity index (χ4v) is 3.74. The molecular formula is C11H12F3NO3. The van der Waals surface area contributed by atoms with Crippen molar-refractivity contribution >= 4 is 11.9 Å². The Morgan fingerprint density at radius 2 is 1.67 bits per heavy atom. The molecule has 7 heteroatoms. The van der Waals surface area contributed by atoms with E-state index in [4.69, 9.17) is 5.11 Å². The van der Waals surface area contributed by atoms with Gasteiger partial charge in [0.15, 0.2) is 0 Å². The lowest BCUT2D eigenvalue weighted by Gasteiger charge is -2.73. The summed E-state index contributed by atoms with van der Waals surface area (Å²) in [4.78, 5) is 22.6. The third-order valence-corrected chi connectivity index (χ3v) is 4.80. The van der Waals surface area contributed by atoms with Crippen LogP contribution in [0.4, 0.5) is 13.2 Å². The van der Waals surface area contributed by atoms with Gasteiger partial charge in [-0.2, -0.15) is 13.2 Å². The maximum absolute atomic E-state index is 12.1. The Bertz CT molecular complexity index is 420. The Labute approximate surface area is 101 Å². The van der Waals surface area contributed by atoms with Crippen LogP contribution in [-0.4, -0.2) is 41.1 Å². The summed E-state index contributed by atoms with van der Waals surface area (Å²) >= 11 is 0. The minimum atomic E-state index is -4.80. The van der Waals surface area contributed by atoms with Gasteiger partial charge < -0.3 is 10.0 Å². The van der Waals surface area contributed by atoms with Gasteiger partial charge in [-0.1, -0.05) is 0 Å². The number of carbonyl (C=O) groups is 2. The first kappa shape index (κ1) is 11.8. The smallest absolute Gasteiger partial charge is 0.471 e. The van der Waals surface area contributed by atoms with Gasteiger partial charge in [-0.05, 0) is 30.6 Å². The van der Waals surface area contributed by atoms with Gasteiger partial charge in [-0.25, -0.2) is 0 Å². The van der Waals surface area contributed by atoms with Crippen LogP contribution in [0, 0.1) is 16.7 Å². The van der Waals surface area contributed by atoms with Crippen molar-refractivity contribution in [2.75, 3.05) is 13.1 Å². The Hall–Kier alpha value is -1.27. The maximum atomic E-state index is 12.1. The number of aliphatic carboxylic acids is 1. The van der Waals surface area contributed by atoms with Crippen LogP contribution in [0.3, 0.4) is 0 Å². The van der Waals surface area contributed by atoms with Crippen LogP contribution in [-0.2, 0) is 9.59 Å². The molecule has 1 saturated heterocycles. The summed E-state index contributed by atoms with van der Waals surface area (Å²) in [5.41, 5.74) is -0.699. The monoisotopic (exact) mass is 263 g/mol. The first-order valence-electron chi connectivity index (χ1n) is 5.78. The second kappa shape index (κ2) is 3.00. The number of likely N-dealkylation sites (tertiary alicyclic amines) is 1. The number of hydrogen-bond acceptors (Lipinski definition) is 2. The van der Waals surface area contributed by atoms with Gasteiger partial charge in [0.1, 0.15) is 0 Å². The van der Waals surface area contributed by atoms with Crippen molar-refractivity contribution < 1.29 is 27.9 Å². The molecule has 0 spiro atoms. The number of carboxylic acids is 1. The van der Waals surface area contributed by atoms with Crippen molar-refractivity contribution in [3.05, 3.63) is 0 Å². The molecule has 1 amide bonds. The zero-order valence-electron chi connectivity index (χ0n) is 9.46. The van der Waals surface area contributed by atoms with Crippen molar-refractivity contribution in [3.8, 4) is 0 Å². The molecule has 3 aliphatic carbocycles. The SMILES string of the molecule is O=C(N1CC(C23CC(C(=O)O)(C2)C3)C1)C(F)(F)F. The number of halogens is 3. The van der Waals surface area contributed by atoms with Gasteiger partial charge in [0.05, 0.1) is 5.41 Å². The Morgan fingerprint density at radius 3 is 2.06 bits per heavy atom. The zero-order chi connectivity index (χ0) is 13.3. The van der Waals surface area contributed by atoms with Crippen LogP contribution in [0.5, 0.6) is 0 Å². The van der Waals surface area contributed by atoms with Crippen LogP contribution >= 0.6 is 0 Å². The second-order valence-electron chi connectivity index (χ2n) is 5.88. The van der Waals surface area contributed by atoms with E-state index in [2.05, 4.69) is 0 Å². The van der Waals surface area contributed by atoms with Crippen LogP contribution in [0.15, 0.2) is 0 Å². The van der Waals surface area contributed by atoms with Crippen LogP contribution < -0.4 is 0 Å². The standard InChI is InChI=1S/C11H12F3NO3/c12-11(13,14)7(16)15-1-6(2-15)9-3-10(4-9,5-9)8(17)18/h6H,1-5H2,(H,17,18). The molecule has 1 heterocycles. The summed E-state index contributed by atoms with van der Waals surface area (Å²) in [6.07, 6.45) is -3.11. The highest BCUT2D eigenvalue weighted by Crippen LogP contribution is 2.77. The number of alkyl halides is 3.